The molecule has 116 valence electrons. The summed E-state index contributed by atoms with van der Waals surface area (Å²) >= 11 is 0.983. The van der Waals surface area contributed by atoms with Crippen molar-refractivity contribution in [2.45, 2.75) is 22.7 Å². The summed E-state index contributed by atoms with van der Waals surface area (Å²) in [6.07, 6.45) is -4.76. The number of esters is 1. The van der Waals surface area contributed by atoms with Gasteiger partial charge in [0.2, 0.25) is 5.91 Å². The van der Waals surface area contributed by atoms with Gasteiger partial charge in [0.05, 0.1) is 22.9 Å². The number of nitrogens with zero attached hydrogens (tertiary/aromatic N) is 1. The Hall–Kier alpha value is -2.21. The molecule has 1 aliphatic heterocycles. The Bertz CT molecular complexity index is 655. The number of ether oxygens (including phenoxy) is 1. The smallest absolute Gasteiger partial charge is 0.416 e. The Morgan fingerprint density at radius 1 is 1.45 bits per heavy atom. The topological polar surface area (TPSA) is 79.2 Å². The van der Waals surface area contributed by atoms with Crippen LogP contribution in [0.2, 0.25) is 0 Å². The van der Waals surface area contributed by atoms with Gasteiger partial charge in [0, 0.05) is 4.90 Å². The highest BCUT2D eigenvalue weighted by Crippen LogP contribution is 2.40. The molecule has 22 heavy (non-hydrogen) atoms. The molecule has 0 saturated carbocycles. The summed E-state index contributed by atoms with van der Waals surface area (Å²) in [6, 6.07) is 4.63. The van der Waals surface area contributed by atoms with Gasteiger partial charge in [0.15, 0.2) is 6.61 Å². The minimum absolute atomic E-state index is 0.0615. The summed E-state index contributed by atoms with van der Waals surface area (Å²) in [5, 5.41) is 9.83. The van der Waals surface area contributed by atoms with Crippen LogP contribution >= 0.6 is 11.8 Å². The fourth-order valence-electron chi connectivity index (χ4n) is 1.78. The lowest BCUT2D eigenvalue weighted by molar-refractivity contribution is -0.143. The van der Waals surface area contributed by atoms with Crippen molar-refractivity contribution in [1.29, 1.82) is 5.26 Å². The minimum Gasteiger partial charge on any atom is -0.450 e. The van der Waals surface area contributed by atoms with Crippen molar-refractivity contribution >= 4 is 29.3 Å². The first-order valence-corrected chi connectivity index (χ1v) is 6.90. The van der Waals surface area contributed by atoms with E-state index in [9.17, 15) is 22.8 Å². The van der Waals surface area contributed by atoms with E-state index in [1.54, 1.807) is 6.07 Å². The molecule has 9 heteroatoms. The van der Waals surface area contributed by atoms with E-state index in [0.717, 1.165) is 23.9 Å². The van der Waals surface area contributed by atoms with Crippen molar-refractivity contribution in [2.75, 3.05) is 11.9 Å². The largest absolute Gasteiger partial charge is 0.450 e. The lowest BCUT2D eigenvalue weighted by Gasteiger charge is -2.24. The summed E-state index contributed by atoms with van der Waals surface area (Å²) in [7, 11) is 0. The van der Waals surface area contributed by atoms with E-state index < -0.39 is 35.5 Å². The highest BCUT2D eigenvalue weighted by Gasteiger charge is 2.34. The van der Waals surface area contributed by atoms with E-state index in [-0.39, 0.29) is 12.1 Å². The van der Waals surface area contributed by atoms with Crippen LogP contribution in [0.4, 0.5) is 18.9 Å². The predicted molar refractivity (Wildman–Crippen MR) is 70.9 cm³/mol. The molecule has 0 aromatic heterocycles. The van der Waals surface area contributed by atoms with Crippen LogP contribution in [0.15, 0.2) is 23.1 Å². The fourth-order valence-corrected chi connectivity index (χ4v) is 2.86. The zero-order valence-corrected chi connectivity index (χ0v) is 11.8. The van der Waals surface area contributed by atoms with Crippen LogP contribution in [0.3, 0.4) is 0 Å². The van der Waals surface area contributed by atoms with E-state index in [1.165, 1.54) is 6.07 Å². The van der Waals surface area contributed by atoms with Gasteiger partial charge in [0.25, 0.3) is 0 Å². The first-order valence-electron chi connectivity index (χ1n) is 6.02. The average Bonchev–Trinajstić information content (AvgIpc) is 2.44. The number of fused-ring (bicyclic) bond motifs is 1. The molecule has 1 N–H and O–H groups in total. The third-order valence-corrected chi connectivity index (χ3v) is 4.05. The molecule has 0 unspecified atom stereocenters. The van der Waals surface area contributed by atoms with Crippen molar-refractivity contribution in [3.63, 3.8) is 0 Å². The average molecular weight is 330 g/mol. The molecule has 0 saturated heterocycles. The predicted octanol–water partition coefficient (Wildman–Crippen LogP) is 2.58. The Labute approximate surface area is 127 Å². The number of carbonyl (C=O) groups is 2. The zero-order chi connectivity index (χ0) is 16.3. The molecule has 2 rings (SSSR count). The lowest BCUT2D eigenvalue weighted by Crippen LogP contribution is -2.31. The summed E-state index contributed by atoms with van der Waals surface area (Å²) in [5.74, 6) is -1.30. The molecule has 1 atom stereocenters. The number of thioether (sulfide) groups is 1. The summed E-state index contributed by atoms with van der Waals surface area (Å²) in [6.45, 7) is -0.413. The van der Waals surface area contributed by atoms with E-state index in [2.05, 4.69) is 10.1 Å². The molecular weight excluding hydrogens is 321 g/mol. The third kappa shape index (κ3) is 3.71. The van der Waals surface area contributed by atoms with Crippen LogP contribution in [-0.4, -0.2) is 23.7 Å². The maximum Gasteiger partial charge on any atom is 0.416 e. The Morgan fingerprint density at radius 2 is 2.18 bits per heavy atom. The second-order valence-electron chi connectivity index (χ2n) is 4.33. The first-order chi connectivity index (χ1) is 10.3. The van der Waals surface area contributed by atoms with Crippen molar-refractivity contribution in [3.05, 3.63) is 23.8 Å². The van der Waals surface area contributed by atoms with Crippen LogP contribution < -0.4 is 5.32 Å². The standard InChI is InChI=1S/C13H9F3N2O3S/c14-13(15,16)7-1-2-9-8(5-7)18-12(20)10(22-9)6-11(19)21-4-3-17/h1-2,5,10H,4,6H2,(H,18,20)/t10-/m0/s1. The van der Waals surface area contributed by atoms with E-state index in [4.69, 9.17) is 5.26 Å². The Balaban J connectivity index is 2.12. The summed E-state index contributed by atoms with van der Waals surface area (Å²) in [4.78, 5) is 23.7. The number of nitrogens with one attached hydrogen (secondary N) is 1. The molecule has 1 aromatic rings. The molecule has 1 aromatic carbocycles. The van der Waals surface area contributed by atoms with Gasteiger partial charge in [-0.15, -0.1) is 11.8 Å². The van der Waals surface area contributed by atoms with Gasteiger partial charge in [-0.05, 0) is 18.2 Å². The molecule has 0 spiro atoms. The fraction of sp³-hybridized carbons (Fsp3) is 0.308. The second kappa shape index (κ2) is 6.27. The summed E-state index contributed by atoms with van der Waals surface area (Å²) in [5.41, 5.74) is -0.800. The number of alkyl halides is 3. The van der Waals surface area contributed by atoms with Gasteiger partial charge in [-0.2, -0.15) is 18.4 Å². The first kappa shape index (κ1) is 16.2. The van der Waals surface area contributed by atoms with E-state index in [0.29, 0.717) is 4.90 Å². The number of anilines is 1. The Kier molecular flexibility index (Phi) is 4.61. The monoisotopic (exact) mass is 330 g/mol. The van der Waals surface area contributed by atoms with Crippen molar-refractivity contribution in [3.8, 4) is 6.07 Å². The minimum atomic E-state index is -4.50. The van der Waals surface area contributed by atoms with Gasteiger partial charge in [-0.25, -0.2) is 0 Å². The van der Waals surface area contributed by atoms with Gasteiger partial charge in [-0.3, -0.25) is 9.59 Å². The quantitative estimate of drug-likeness (QED) is 0.862. The maximum absolute atomic E-state index is 12.6. The zero-order valence-electron chi connectivity index (χ0n) is 10.9. The number of rotatable bonds is 3. The van der Waals surface area contributed by atoms with Crippen LogP contribution in [0.5, 0.6) is 0 Å². The third-order valence-electron chi connectivity index (χ3n) is 2.78. The molecule has 5 nitrogen and oxygen atoms in total. The molecule has 1 aliphatic rings. The number of hydrogen-bond donors (Lipinski definition) is 1. The molecule has 0 aliphatic carbocycles. The number of hydrogen-bond acceptors (Lipinski definition) is 5. The maximum atomic E-state index is 12.6. The number of nitriles is 1. The SMILES string of the molecule is N#CCOC(=O)C[C@@H]1Sc2ccc(C(F)(F)F)cc2NC1=O. The van der Waals surface area contributed by atoms with Gasteiger partial charge in [-0.1, -0.05) is 0 Å². The van der Waals surface area contributed by atoms with Crippen molar-refractivity contribution < 1.29 is 27.5 Å². The molecule has 0 bridgehead atoms. The Morgan fingerprint density at radius 3 is 2.82 bits per heavy atom. The number of carbonyl (C=O) groups excluding carboxylic acids is 2. The van der Waals surface area contributed by atoms with Crippen LogP contribution in [0.1, 0.15) is 12.0 Å². The van der Waals surface area contributed by atoms with Crippen LogP contribution in [-0.2, 0) is 20.5 Å². The molecule has 1 heterocycles. The molecular formula is C13H9F3N2O3S. The van der Waals surface area contributed by atoms with Crippen LogP contribution in [0, 0.1) is 11.3 Å². The van der Waals surface area contributed by atoms with Crippen molar-refractivity contribution in [2.24, 2.45) is 0 Å². The van der Waals surface area contributed by atoms with Crippen LogP contribution in [0.25, 0.3) is 0 Å². The number of benzene rings is 1. The summed E-state index contributed by atoms with van der Waals surface area (Å²) < 4.78 is 42.4. The number of amides is 1. The normalized spacial score (nSPS) is 17.2. The molecule has 0 fully saturated rings. The lowest BCUT2D eigenvalue weighted by atomic mass is 10.1. The molecule has 0 radical (unpaired) electrons. The van der Waals surface area contributed by atoms with E-state index >= 15 is 0 Å². The van der Waals surface area contributed by atoms with E-state index in [1.807, 2.05) is 0 Å². The number of halogens is 3. The second-order valence-corrected chi connectivity index (χ2v) is 5.57. The highest BCUT2D eigenvalue weighted by molar-refractivity contribution is 8.01. The van der Waals surface area contributed by atoms with Crippen molar-refractivity contribution in [1.82, 2.24) is 0 Å². The van der Waals surface area contributed by atoms with Gasteiger partial charge in [0.1, 0.15) is 6.07 Å². The highest BCUT2D eigenvalue weighted by atomic mass is 32.2. The molecule has 1 amide bonds. The van der Waals surface area contributed by atoms with Gasteiger partial charge < -0.3 is 10.1 Å². The van der Waals surface area contributed by atoms with Gasteiger partial charge >= 0.3 is 12.1 Å².